The lowest BCUT2D eigenvalue weighted by atomic mass is 10.3. The Balaban J connectivity index is 1.96. The Labute approximate surface area is 88.5 Å². The first-order valence-electron chi connectivity index (χ1n) is 5.94. The van der Waals surface area contributed by atoms with E-state index in [1.165, 1.54) is 58.7 Å². The van der Waals surface area contributed by atoms with Crippen molar-refractivity contribution in [3.63, 3.8) is 0 Å². The molecule has 3 heteroatoms. The molecular formula is C11H25N3. The van der Waals surface area contributed by atoms with Gasteiger partial charge in [0.15, 0.2) is 0 Å². The van der Waals surface area contributed by atoms with Crippen LogP contribution >= 0.6 is 0 Å². The quantitative estimate of drug-likeness (QED) is 0.677. The van der Waals surface area contributed by atoms with E-state index in [1.54, 1.807) is 0 Å². The molecule has 0 bridgehead atoms. The third-order valence-electron chi connectivity index (χ3n) is 2.83. The Morgan fingerprint density at radius 2 is 1.93 bits per heavy atom. The minimum Gasteiger partial charge on any atom is -0.314 e. The summed E-state index contributed by atoms with van der Waals surface area (Å²) >= 11 is 0. The molecule has 14 heavy (non-hydrogen) atoms. The van der Waals surface area contributed by atoms with Crippen LogP contribution in [0.1, 0.15) is 19.8 Å². The normalized spacial score (nSPS) is 19.1. The number of nitrogens with zero attached hydrogens (tertiary/aromatic N) is 2. The Hall–Kier alpha value is -0.120. The predicted molar refractivity (Wildman–Crippen MR) is 61.7 cm³/mol. The van der Waals surface area contributed by atoms with Crippen LogP contribution in [0, 0.1) is 0 Å². The highest BCUT2D eigenvalue weighted by Crippen LogP contribution is 1.96. The number of hydrogen-bond acceptors (Lipinski definition) is 3. The van der Waals surface area contributed by atoms with E-state index < -0.39 is 0 Å². The molecule has 3 nitrogen and oxygen atoms in total. The van der Waals surface area contributed by atoms with Gasteiger partial charge in [-0.3, -0.25) is 0 Å². The third-order valence-corrected chi connectivity index (χ3v) is 2.83. The summed E-state index contributed by atoms with van der Waals surface area (Å²) in [4.78, 5) is 5.00. The van der Waals surface area contributed by atoms with E-state index >= 15 is 0 Å². The van der Waals surface area contributed by atoms with Crippen LogP contribution in [0.4, 0.5) is 0 Å². The lowest BCUT2D eigenvalue weighted by Crippen LogP contribution is -2.44. The van der Waals surface area contributed by atoms with Crippen molar-refractivity contribution in [3.05, 3.63) is 0 Å². The smallest absolute Gasteiger partial charge is 0.0107 e. The number of hydrogen-bond donors (Lipinski definition) is 1. The van der Waals surface area contributed by atoms with E-state index in [1.807, 2.05) is 0 Å². The molecule has 84 valence electrons. The molecule has 0 aliphatic carbocycles. The molecule has 0 aromatic heterocycles. The van der Waals surface area contributed by atoms with Crippen LogP contribution in [-0.2, 0) is 0 Å². The van der Waals surface area contributed by atoms with Gasteiger partial charge in [0, 0.05) is 26.2 Å². The fourth-order valence-electron chi connectivity index (χ4n) is 1.99. The molecule has 0 radical (unpaired) electrons. The minimum absolute atomic E-state index is 1.17. The predicted octanol–water partition coefficient (Wildman–Crippen LogP) is 0.624. The van der Waals surface area contributed by atoms with Gasteiger partial charge in [-0.2, -0.15) is 0 Å². The highest BCUT2D eigenvalue weighted by Gasteiger charge is 2.08. The summed E-state index contributed by atoms with van der Waals surface area (Å²) in [6.07, 6.45) is 2.58. The zero-order valence-electron chi connectivity index (χ0n) is 9.76. The van der Waals surface area contributed by atoms with E-state index in [9.17, 15) is 0 Å². The van der Waals surface area contributed by atoms with Crippen LogP contribution in [0.25, 0.3) is 0 Å². The third kappa shape index (κ3) is 4.94. The molecule has 1 N–H and O–H groups in total. The van der Waals surface area contributed by atoms with Gasteiger partial charge >= 0.3 is 0 Å². The van der Waals surface area contributed by atoms with Gasteiger partial charge in [0.25, 0.3) is 0 Å². The molecule has 0 saturated carbocycles. The van der Waals surface area contributed by atoms with Crippen molar-refractivity contribution in [2.24, 2.45) is 0 Å². The first kappa shape index (κ1) is 12.0. The first-order valence-corrected chi connectivity index (χ1v) is 5.94. The van der Waals surface area contributed by atoms with Crippen LogP contribution in [0.5, 0.6) is 0 Å². The molecule has 0 amide bonds. The lowest BCUT2D eigenvalue weighted by Gasteiger charge is -2.27. The average Bonchev–Trinajstić information content (AvgIpc) is 2.20. The molecular weight excluding hydrogens is 174 g/mol. The van der Waals surface area contributed by atoms with Crippen molar-refractivity contribution >= 4 is 0 Å². The molecule has 0 spiro atoms. The molecule has 1 fully saturated rings. The minimum atomic E-state index is 1.17. The SMILES string of the molecule is CCCN(C)CCCN1CCNCC1. The maximum absolute atomic E-state index is 3.38. The van der Waals surface area contributed by atoms with Gasteiger partial charge in [0.1, 0.15) is 0 Å². The molecule has 1 rings (SSSR count). The summed E-state index contributed by atoms with van der Waals surface area (Å²) in [5.41, 5.74) is 0. The number of piperazine rings is 1. The van der Waals surface area contributed by atoms with E-state index in [4.69, 9.17) is 0 Å². The van der Waals surface area contributed by atoms with Crippen LogP contribution in [0.15, 0.2) is 0 Å². The summed E-state index contributed by atoms with van der Waals surface area (Å²) in [5.74, 6) is 0. The van der Waals surface area contributed by atoms with Crippen molar-refractivity contribution in [3.8, 4) is 0 Å². The largest absolute Gasteiger partial charge is 0.314 e. The van der Waals surface area contributed by atoms with Crippen LogP contribution in [0.3, 0.4) is 0 Å². The molecule has 1 heterocycles. The Kier molecular flexibility index (Phi) is 6.15. The number of nitrogens with one attached hydrogen (secondary N) is 1. The van der Waals surface area contributed by atoms with E-state index in [2.05, 4.69) is 29.1 Å². The number of rotatable bonds is 6. The van der Waals surface area contributed by atoms with Gasteiger partial charge in [0.2, 0.25) is 0 Å². The fraction of sp³-hybridized carbons (Fsp3) is 1.00. The molecule has 1 saturated heterocycles. The van der Waals surface area contributed by atoms with E-state index in [-0.39, 0.29) is 0 Å². The highest BCUT2D eigenvalue weighted by atomic mass is 15.2. The zero-order valence-corrected chi connectivity index (χ0v) is 9.76. The lowest BCUT2D eigenvalue weighted by molar-refractivity contribution is 0.222. The van der Waals surface area contributed by atoms with Gasteiger partial charge in [-0.15, -0.1) is 0 Å². The zero-order chi connectivity index (χ0) is 10.2. The first-order chi connectivity index (χ1) is 6.83. The van der Waals surface area contributed by atoms with Gasteiger partial charge in [-0.05, 0) is 39.5 Å². The summed E-state index contributed by atoms with van der Waals surface area (Å²) in [6.45, 7) is 10.8. The van der Waals surface area contributed by atoms with Crippen LogP contribution in [0.2, 0.25) is 0 Å². The van der Waals surface area contributed by atoms with E-state index in [0.717, 1.165) is 0 Å². The maximum atomic E-state index is 3.38. The fourth-order valence-corrected chi connectivity index (χ4v) is 1.99. The summed E-state index contributed by atoms with van der Waals surface area (Å²) in [7, 11) is 2.22. The molecule has 0 atom stereocenters. The van der Waals surface area contributed by atoms with Crippen molar-refractivity contribution < 1.29 is 0 Å². The van der Waals surface area contributed by atoms with Crippen molar-refractivity contribution in [2.75, 3.05) is 52.9 Å². The Morgan fingerprint density at radius 3 is 2.57 bits per heavy atom. The average molecular weight is 199 g/mol. The van der Waals surface area contributed by atoms with Gasteiger partial charge in [-0.1, -0.05) is 6.92 Å². The van der Waals surface area contributed by atoms with Crippen molar-refractivity contribution in [1.29, 1.82) is 0 Å². The second-order valence-corrected chi connectivity index (χ2v) is 4.25. The second kappa shape index (κ2) is 7.21. The van der Waals surface area contributed by atoms with Crippen LogP contribution in [-0.4, -0.2) is 62.7 Å². The maximum Gasteiger partial charge on any atom is 0.0107 e. The van der Waals surface area contributed by atoms with Crippen molar-refractivity contribution in [1.82, 2.24) is 15.1 Å². The Bertz CT molecular complexity index is 132. The van der Waals surface area contributed by atoms with E-state index in [0.29, 0.717) is 0 Å². The van der Waals surface area contributed by atoms with Crippen LogP contribution < -0.4 is 5.32 Å². The molecule has 1 aliphatic rings. The second-order valence-electron chi connectivity index (χ2n) is 4.25. The van der Waals surface area contributed by atoms with Gasteiger partial charge in [0.05, 0.1) is 0 Å². The monoisotopic (exact) mass is 199 g/mol. The summed E-state index contributed by atoms with van der Waals surface area (Å²) < 4.78 is 0. The summed E-state index contributed by atoms with van der Waals surface area (Å²) in [6, 6.07) is 0. The van der Waals surface area contributed by atoms with Crippen molar-refractivity contribution in [2.45, 2.75) is 19.8 Å². The topological polar surface area (TPSA) is 18.5 Å². The molecule has 0 unspecified atom stereocenters. The molecule has 0 aromatic carbocycles. The van der Waals surface area contributed by atoms with Gasteiger partial charge < -0.3 is 15.1 Å². The highest BCUT2D eigenvalue weighted by molar-refractivity contribution is 4.67. The molecule has 0 aromatic rings. The standard InChI is InChI=1S/C11H25N3/c1-3-7-13(2)8-4-9-14-10-5-12-6-11-14/h12H,3-11H2,1-2H3. The molecule has 1 aliphatic heterocycles. The van der Waals surface area contributed by atoms with Gasteiger partial charge in [-0.25, -0.2) is 0 Å². The summed E-state index contributed by atoms with van der Waals surface area (Å²) in [5, 5.41) is 3.38. The Morgan fingerprint density at radius 1 is 1.21 bits per heavy atom.